The molecule has 0 unspecified atom stereocenters. The van der Waals surface area contributed by atoms with Crippen molar-refractivity contribution < 1.29 is 14.3 Å². The van der Waals surface area contributed by atoms with Crippen LogP contribution in [0.5, 0.6) is 5.75 Å². The van der Waals surface area contributed by atoms with Crippen molar-refractivity contribution in [3.8, 4) is 22.7 Å². The van der Waals surface area contributed by atoms with Crippen LogP contribution in [0.4, 0.5) is 0 Å². The number of carbonyl (C=O) groups excluding carboxylic acids is 2. The molecule has 0 aliphatic heterocycles. The first-order valence-corrected chi connectivity index (χ1v) is 11.7. The number of hydrogen-bond donors (Lipinski definition) is 2. The fraction of sp³-hybridized carbons (Fsp3) is 0.138. The maximum atomic E-state index is 12.6. The monoisotopic (exact) mass is 480 g/mol. The zero-order valence-electron chi connectivity index (χ0n) is 20.3. The van der Waals surface area contributed by atoms with Crippen LogP contribution in [0.2, 0.25) is 0 Å². The van der Waals surface area contributed by atoms with E-state index in [0.29, 0.717) is 18.7 Å². The highest BCUT2D eigenvalue weighted by atomic mass is 16.5. The van der Waals surface area contributed by atoms with Gasteiger partial charge in [-0.15, -0.1) is 0 Å². The van der Waals surface area contributed by atoms with Gasteiger partial charge in [0.15, 0.2) is 0 Å². The summed E-state index contributed by atoms with van der Waals surface area (Å²) in [4.78, 5) is 24.7. The highest BCUT2D eigenvalue weighted by molar-refractivity contribution is 5.94. The lowest BCUT2D eigenvalue weighted by Gasteiger charge is -2.06. The van der Waals surface area contributed by atoms with E-state index in [0.717, 1.165) is 33.8 Å². The Labute approximate surface area is 210 Å². The lowest BCUT2D eigenvalue weighted by Crippen LogP contribution is -2.23. The molecule has 2 N–H and O–H groups in total. The first-order chi connectivity index (χ1) is 17.6. The van der Waals surface area contributed by atoms with Crippen molar-refractivity contribution in [2.45, 2.75) is 13.5 Å². The molecule has 0 radical (unpaired) electrons. The number of carbonyl (C=O) groups is 2. The summed E-state index contributed by atoms with van der Waals surface area (Å²) in [7, 11) is 1.63. The van der Waals surface area contributed by atoms with Crippen molar-refractivity contribution in [2.75, 3.05) is 13.7 Å². The normalized spacial score (nSPS) is 10.8. The number of ether oxygens (including phenoxy) is 1. The van der Waals surface area contributed by atoms with Gasteiger partial charge in [0, 0.05) is 42.1 Å². The minimum atomic E-state index is -0.244. The Kier molecular flexibility index (Phi) is 7.93. The summed E-state index contributed by atoms with van der Waals surface area (Å²) in [6, 6.07) is 24.7. The molecule has 36 heavy (non-hydrogen) atoms. The topological polar surface area (TPSA) is 85.3 Å². The number of hydrogen-bond acceptors (Lipinski definition) is 4. The Balaban J connectivity index is 1.52. The van der Waals surface area contributed by atoms with E-state index in [9.17, 15) is 9.59 Å². The quantitative estimate of drug-likeness (QED) is 0.342. The van der Waals surface area contributed by atoms with Gasteiger partial charge in [-0.2, -0.15) is 5.10 Å². The molecular weight excluding hydrogens is 452 g/mol. The lowest BCUT2D eigenvalue weighted by molar-refractivity contribution is -0.116. The van der Waals surface area contributed by atoms with Crippen LogP contribution in [-0.4, -0.2) is 35.2 Å². The zero-order valence-corrected chi connectivity index (χ0v) is 20.3. The van der Waals surface area contributed by atoms with Crippen LogP contribution in [0, 0.1) is 0 Å². The molecule has 3 aromatic carbocycles. The maximum Gasteiger partial charge on any atom is 0.251 e. The van der Waals surface area contributed by atoms with Gasteiger partial charge < -0.3 is 15.4 Å². The third-order valence-corrected chi connectivity index (χ3v) is 5.53. The lowest BCUT2D eigenvalue weighted by atomic mass is 10.1. The molecule has 0 spiro atoms. The van der Waals surface area contributed by atoms with Gasteiger partial charge >= 0.3 is 0 Å². The number of amides is 2. The molecule has 0 atom stereocenters. The molecule has 4 aromatic rings. The smallest absolute Gasteiger partial charge is 0.251 e. The van der Waals surface area contributed by atoms with Gasteiger partial charge in [-0.05, 0) is 67.1 Å². The third kappa shape index (κ3) is 6.07. The number of nitrogens with one attached hydrogen (secondary N) is 2. The van der Waals surface area contributed by atoms with E-state index in [1.807, 2.05) is 73.8 Å². The molecule has 0 fully saturated rings. The van der Waals surface area contributed by atoms with Crippen LogP contribution in [0.1, 0.15) is 28.4 Å². The Bertz CT molecular complexity index is 1360. The summed E-state index contributed by atoms with van der Waals surface area (Å²) in [5, 5.41) is 10.4. The second-order valence-corrected chi connectivity index (χ2v) is 8.05. The molecule has 0 saturated carbocycles. The zero-order chi connectivity index (χ0) is 25.3. The summed E-state index contributed by atoms with van der Waals surface area (Å²) in [6.07, 6.45) is 5.15. The van der Waals surface area contributed by atoms with Crippen LogP contribution in [0.25, 0.3) is 23.0 Å². The van der Waals surface area contributed by atoms with Crippen LogP contribution in [-0.2, 0) is 11.3 Å². The first-order valence-electron chi connectivity index (χ1n) is 11.7. The summed E-state index contributed by atoms with van der Waals surface area (Å²) >= 11 is 0. The molecule has 0 aliphatic carbocycles. The summed E-state index contributed by atoms with van der Waals surface area (Å²) in [5.74, 6) is 0.382. The van der Waals surface area contributed by atoms with Crippen LogP contribution < -0.4 is 15.4 Å². The third-order valence-electron chi connectivity index (χ3n) is 5.53. The van der Waals surface area contributed by atoms with E-state index < -0.39 is 0 Å². The van der Waals surface area contributed by atoms with Gasteiger partial charge in [0.1, 0.15) is 5.75 Å². The first kappa shape index (κ1) is 24.5. The molecule has 7 heteroatoms. The van der Waals surface area contributed by atoms with Crippen LogP contribution >= 0.6 is 0 Å². The van der Waals surface area contributed by atoms with E-state index in [1.165, 1.54) is 6.08 Å². The van der Waals surface area contributed by atoms with E-state index in [2.05, 4.69) is 10.6 Å². The predicted octanol–water partition coefficient (Wildman–Crippen LogP) is 4.63. The minimum Gasteiger partial charge on any atom is -0.497 e. The Morgan fingerprint density at radius 1 is 0.972 bits per heavy atom. The second-order valence-electron chi connectivity index (χ2n) is 8.05. The van der Waals surface area contributed by atoms with Crippen LogP contribution in [0.15, 0.2) is 91.1 Å². The van der Waals surface area contributed by atoms with Crippen molar-refractivity contribution >= 4 is 17.9 Å². The van der Waals surface area contributed by atoms with Crippen molar-refractivity contribution in [3.63, 3.8) is 0 Å². The van der Waals surface area contributed by atoms with Gasteiger partial charge in [-0.25, -0.2) is 4.68 Å². The van der Waals surface area contributed by atoms with E-state index in [1.54, 1.807) is 36.1 Å². The Morgan fingerprint density at radius 2 is 1.75 bits per heavy atom. The van der Waals surface area contributed by atoms with Gasteiger partial charge in [0.05, 0.1) is 18.5 Å². The average molecular weight is 481 g/mol. The molecule has 2 amide bonds. The van der Waals surface area contributed by atoms with Crippen molar-refractivity contribution in [1.29, 1.82) is 0 Å². The second kappa shape index (κ2) is 11.7. The molecule has 1 heterocycles. The molecule has 4 rings (SSSR count). The largest absolute Gasteiger partial charge is 0.497 e. The summed E-state index contributed by atoms with van der Waals surface area (Å²) < 4.78 is 7.07. The Hall–Kier alpha value is -4.65. The molecule has 0 aliphatic rings. The molecule has 0 saturated heterocycles. The van der Waals surface area contributed by atoms with Crippen LogP contribution in [0.3, 0.4) is 0 Å². The van der Waals surface area contributed by atoms with Gasteiger partial charge in [0.2, 0.25) is 5.91 Å². The number of nitrogens with zero attached hydrogens (tertiary/aromatic N) is 2. The van der Waals surface area contributed by atoms with E-state index >= 15 is 0 Å². The predicted molar refractivity (Wildman–Crippen MR) is 141 cm³/mol. The highest BCUT2D eigenvalue weighted by Crippen LogP contribution is 2.26. The number of rotatable bonds is 9. The SMILES string of the molecule is CCNC(=O)c1cccc(CNC(=O)C=Cc2cn(-c3ccccc3)nc2-c2ccc(OC)cc2)c1. The van der Waals surface area contributed by atoms with E-state index in [4.69, 9.17) is 9.84 Å². The molecule has 1 aromatic heterocycles. The van der Waals surface area contributed by atoms with Crippen molar-refractivity contribution in [1.82, 2.24) is 20.4 Å². The molecule has 7 nitrogen and oxygen atoms in total. The summed E-state index contributed by atoms with van der Waals surface area (Å²) in [5.41, 5.74) is 4.79. The number of para-hydroxylation sites is 1. The minimum absolute atomic E-state index is 0.132. The van der Waals surface area contributed by atoms with Gasteiger partial charge in [-0.3, -0.25) is 9.59 Å². The fourth-order valence-electron chi connectivity index (χ4n) is 3.69. The standard InChI is InChI=1S/C29H28N4O3/c1-3-30-29(35)23-9-7-8-21(18-23)19-31-27(34)17-14-24-20-33(25-10-5-4-6-11-25)32-28(24)22-12-15-26(36-2)16-13-22/h4-18,20H,3,19H2,1-2H3,(H,30,35)(H,31,34). The average Bonchev–Trinajstić information content (AvgIpc) is 3.36. The maximum absolute atomic E-state index is 12.6. The highest BCUT2D eigenvalue weighted by Gasteiger charge is 2.11. The summed E-state index contributed by atoms with van der Waals surface area (Å²) in [6.45, 7) is 2.74. The number of aromatic nitrogens is 2. The van der Waals surface area contributed by atoms with Crippen molar-refractivity contribution in [2.24, 2.45) is 0 Å². The van der Waals surface area contributed by atoms with Crippen molar-refractivity contribution in [3.05, 3.63) is 108 Å². The number of methoxy groups -OCH3 is 1. The molecule has 0 bridgehead atoms. The van der Waals surface area contributed by atoms with E-state index in [-0.39, 0.29) is 11.8 Å². The molecular formula is C29H28N4O3. The number of benzene rings is 3. The molecule has 182 valence electrons. The van der Waals surface area contributed by atoms with Gasteiger partial charge in [0.25, 0.3) is 5.91 Å². The van der Waals surface area contributed by atoms with Gasteiger partial charge in [-0.1, -0.05) is 30.3 Å². The fourth-order valence-corrected chi connectivity index (χ4v) is 3.69. The Morgan fingerprint density at radius 3 is 2.47 bits per heavy atom.